The molecule has 0 spiro atoms. The van der Waals surface area contributed by atoms with Crippen molar-refractivity contribution in [3.8, 4) is 0 Å². The van der Waals surface area contributed by atoms with Crippen LogP contribution in [0.4, 0.5) is 10.5 Å². The third-order valence-corrected chi connectivity index (χ3v) is 7.10. The highest BCUT2D eigenvalue weighted by Crippen LogP contribution is 2.28. The van der Waals surface area contributed by atoms with Gasteiger partial charge in [-0.15, -0.1) is 0 Å². The van der Waals surface area contributed by atoms with E-state index < -0.39 is 12.2 Å². The zero-order valence-electron chi connectivity index (χ0n) is 17.9. The Morgan fingerprint density at radius 1 is 1.00 bits per heavy atom. The predicted molar refractivity (Wildman–Crippen MR) is 123 cm³/mol. The first-order valence-corrected chi connectivity index (χ1v) is 11.4. The summed E-state index contributed by atoms with van der Waals surface area (Å²) in [6, 6.07) is 5.09. The van der Waals surface area contributed by atoms with E-state index in [0.29, 0.717) is 10.0 Å². The summed E-state index contributed by atoms with van der Waals surface area (Å²) in [6.07, 6.45) is 3.33. The molecule has 4 rings (SSSR count). The second-order valence-electron chi connectivity index (χ2n) is 8.29. The zero-order chi connectivity index (χ0) is 22.1. The maximum Gasteiger partial charge on any atom is 0.328 e. The Bertz CT molecular complexity index is 873. The van der Waals surface area contributed by atoms with E-state index in [0.717, 1.165) is 57.8 Å². The molecule has 1 aromatic carbocycles. The number of likely N-dealkylation sites (N-methyl/N-ethyl adjacent to an activating group) is 2. The van der Waals surface area contributed by atoms with Gasteiger partial charge in [-0.05, 0) is 37.6 Å². The summed E-state index contributed by atoms with van der Waals surface area (Å²) in [6.45, 7) is 5.72. The van der Waals surface area contributed by atoms with Gasteiger partial charge in [0.1, 0.15) is 0 Å². The van der Waals surface area contributed by atoms with E-state index >= 15 is 0 Å². The fourth-order valence-electron chi connectivity index (χ4n) is 4.44. The summed E-state index contributed by atoms with van der Waals surface area (Å²) in [5.41, 5.74) is 1.11. The maximum atomic E-state index is 12.6. The van der Waals surface area contributed by atoms with E-state index in [1.807, 2.05) is 23.1 Å². The van der Waals surface area contributed by atoms with E-state index in [9.17, 15) is 9.59 Å². The molecule has 31 heavy (non-hydrogen) atoms. The number of carbonyl (C=O) groups excluding carboxylic acids is 2. The molecule has 2 atom stereocenters. The molecule has 168 valence electrons. The van der Waals surface area contributed by atoms with Gasteiger partial charge in [0.15, 0.2) is 12.2 Å². The molecule has 3 amide bonds. The fourth-order valence-corrected chi connectivity index (χ4v) is 4.73. The first-order chi connectivity index (χ1) is 14.9. The number of carbonyl (C=O) groups is 2. The molecular formula is C21H28Cl2N6O2. The number of rotatable bonds is 6. The van der Waals surface area contributed by atoms with E-state index in [4.69, 9.17) is 23.2 Å². The first kappa shape index (κ1) is 22.2. The van der Waals surface area contributed by atoms with Crippen LogP contribution >= 0.6 is 23.2 Å². The number of imide groups is 1. The number of amides is 3. The van der Waals surface area contributed by atoms with E-state index in [1.54, 1.807) is 13.4 Å². The van der Waals surface area contributed by atoms with Crippen LogP contribution in [0.1, 0.15) is 12.8 Å². The Kier molecular flexibility index (Phi) is 6.60. The van der Waals surface area contributed by atoms with Gasteiger partial charge >= 0.3 is 6.03 Å². The molecule has 2 saturated heterocycles. The molecule has 2 fully saturated rings. The van der Waals surface area contributed by atoms with Crippen LogP contribution in [0.25, 0.3) is 0 Å². The molecule has 0 saturated carbocycles. The number of unbranched alkanes of at least 4 members (excludes halogenated alkanes) is 1. The summed E-state index contributed by atoms with van der Waals surface area (Å²) < 4.78 is 0. The molecule has 1 aromatic rings. The summed E-state index contributed by atoms with van der Waals surface area (Å²) in [7, 11) is 3.23. The average molecular weight is 467 g/mol. The number of nitrogens with zero attached hydrogens (tertiary/aromatic N) is 6. The van der Waals surface area contributed by atoms with Crippen LogP contribution in [-0.4, -0.2) is 103 Å². The van der Waals surface area contributed by atoms with Gasteiger partial charge in [-0.1, -0.05) is 23.2 Å². The Balaban J connectivity index is 1.20. The minimum atomic E-state index is -0.411. The maximum absolute atomic E-state index is 12.6. The van der Waals surface area contributed by atoms with Crippen molar-refractivity contribution in [2.75, 3.05) is 58.3 Å². The Morgan fingerprint density at radius 3 is 2.42 bits per heavy atom. The lowest BCUT2D eigenvalue weighted by Gasteiger charge is -2.39. The fraction of sp³-hybridized carbons (Fsp3) is 0.571. The summed E-state index contributed by atoms with van der Waals surface area (Å²) in [5, 5.41) is 1.17. The molecule has 3 aliphatic heterocycles. The van der Waals surface area contributed by atoms with Gasteiger partial charge in [-0.3, -0.25) is 14.6 Å². The van der Waals surface area contributed by atoms with Crippen LogP contribution in [0, 0.1) is 0 Å². The van der Waals surface area contributed by atoms with Crippen molar-refractivity contribution in [2.24, 2.45) is 4.99 Å². The lowest BCUT2D eigenvalue weighted by molar-refractivity contribution is -0.136. The quantitative estimate of drug-likeness (QED) is 0.602. The second-order valence-corrected chi connectivity index (χ2v) is 9.10. The number of halogens is 2. The van der Waals surface area contributed by atoms with Crippen LogP contribution in [0.15, 0.2) is 23.2 Å². The highest BCUT2D eigenvalue weighted by atomic mass is 35.5. The summed E-state index contributed by atoms with van der Waals surface area (Å²) in [5.74, 6) is -0.177. The van der Waals surface area contributed by atoms with Crippen molar-refractivity contribution in [3.05, 3.63) is 28.2 Å². The van der Waals surface area contributed by atoms with Crippen molar-refractivity contribution in [1.82, 2.24) is 19.6 Å². The van der Waals surface area contributed by atoms with Crippen LogP contribution in [0.5, 0.6) is 0 Å². The number of hydrogen-bond acceptors (Lipinski definition) is 6. The van der Waals surface area contributed by atoms with Gasteiger partial charge in [0.25, 0.3) is 5.91 Å². The minimum Gasteiger partial charge on any atom is -0.369 e. The number of fused-ring (bicyclic) bond motifs is 1. The molecule has 0 aliphatic carbocycles. The van der Waals surface area contributed by atoms with Gasteiger partial charge in [0.05, 0.1) is 16.4 Å². The lowest BCUT2D eigenvalue weighted by Crippen LogP contribution is -2.63. The zero-order valence-corrected chi connectivity index (χ0v) is 19.4. The van der Waals surface area contributed by atoms with E-state index in [2.05, 4.69) is 14.8 Å². The number of hydrogen-bond donors (Lipinski definition) is 0. The smallest absolute Gasteiger partial charge is 0.328 e. The number of anilines is 1. The van der Waals surface area contributed by atoms with Crippen molar-refractivity contribution in [3.63, 3.8) is 0 Å². The lowest BCUT2D eigenvalue weighted by atomic mass is 10.1. The van der Waals surface area contributed by atoms with Crippen molar-refractivity contribution < 1.29 is 9.59 Å². The van der Waals surface area contributed by atoms with E-state index in [-0.39, 0.29) is 11.9 Å². The largest absolute Gasteiger partial charge is 0.369 e. The molecule has 8 nitrogen and oxygen atoms in total. The van der Waals surface area contributed by atoms with E-state index in [1.165, 1.54) is 16.8 Å². The first-order valence-electron chi connectivity index (χ1n) is 10.6. The molecule has 0 radical (unpaired) electrons. The molecule has 3 heterocycles. The summed E-state index contributed by atoms with van der Waals surface area (Å²) >= 11 is 12.2. The normalized spacial score (nSPS) is 24.4. The SMILES string of the molecule is CN1C(=O)C2C(N=CN2CCCCN2CCN(c3ccc(Cl)c(Cl)c3)CC2)N(C)C1=O. The molecule has 3 aliphatic rings. The molecule has 10 heteroatoms. The standard InChI is InChI=1S/C21H28Cl2N6O2/c1-25-19-18(20(30)26(2)21(25)31)29(14-24-19)8-4-3-7-27-9-11-28(12-10-27)15-5-6-16(22)17(23)13-15/h5-6,13-14,18-19H,3-4,7-12H2,1-2H3. The number of urea groups is 1. The highest BCUT2D eigenvalue weighted by Gasteiger charge is 2.48. The third kappa shape index (κ3) is 4.47. The molecular weight excluding hydrogens is 439 g/mol. The average Bonchev–Trinajstić information content (AvgIpc) is 3.20. The Morgan fingerprint density at radius 2 is 1.71 bits per heavy atom. The number of piperazine rings is 1. The molecule has 0 N–H and O–H groups in total. The topological polar surface area (TPSA) is 62.7 Å². The van der Waals surface area contributed by atoms with Crippen LogP contribution < -0.4 is 4.90 Å². The van der Waals surface area contributed by atoms with Gasteiger partial charge in [0, 0.05) is 52.5 Å². The number of aliphatic imine (C=N–C) groups is 1. The van der Waals surface area contributed by atoms with Gasteiger partial charge in [0.2, 0.25) is 0 Å². The Hall–Kier alpha value is -2.03. The van der Waals surface area contributed by atoms with Crippen molar-refractivity contribution in [1.29, 1.82) is 0 Å². The molecule has 0 aromatic heterocycles. The van der Waals surface area contributed by atoms with Crippen LogP contribution in [0.2, 0.25) is 10.0 Å². The summed E-state index contributed by atoms with van der Waals surface area (Å²) in [4.78, 5) is 38.6. The van der Waals surface area contributed by atoms with Crippen LogP contribution in [0.3, 0.4) is 0 Å². The Labute approximate surface area is 193 Å². The third-order valence-electron chi connectivity index (χ3n) is 6.36. The minimum absolute atomic E-state index is 0.177. The molecule has 0 bridgehead atoms. The van der Waals surface area contributed by atoms with Gasteiger partial charge < -0.3 is 14.7 Å². The molecule has 2 unspecified atom stereocenters. The predicted octanol–water partition coefficient (Wildman–Crippen LogP) is 2.46. The van der Waals surface area contributed by atoms with Gasteiger partial charge in [-0.25, -0.2) is 9.79 Å². The van der Waals surface area contributed by atoms with Crippen molar-refractivity contribution >= 4 is 47.2 Å². The van der Waals surface area contributed by atoms with Gasteiger partial charge in [-0.2, -0.15) is 0 Å². The highest BCUT2D eigenvalue weighted by molar-refractivity contribution is 6.42. The second kappa shape index (κ2) is 9.22. The monoisotopic (exact) mass is 466 g/mol. The van der Waals surface area contributed by atoms with Crippen LogP contribution in [-0.2, 0) is 4.79 Å². The number of benzene rings is 1. The van der Waals surface area contributed by atoms with Crippen molar-refractivity contribution in [2.45, 2.75) is 25.0 Å².